The van der Waals surface area contributed by atoms with E-state index in [-0.39, 0.29) is 23.0 Å². The number of nitrogens with one attached hydrogen (secondary N) is 2. The standard InChI is InChI=1S/C20H16N4O5/c25-15-5-1-3-13(9-15)11-21-23-19(27)17-7-8-18(29-17)20(28)24-22-12-14-4-2-6-16(26)10-14/h1-12,25-26H,(H,23,27)(H,24,28). The van der Waals surface area contributed by atoms with Crippen LogP contribution in [0.4, 0.5) is 0 Å². The van der Waals surface area contributed by atoms with Crippen LogP contribution in [0, 0.1) is 0 Å². The molecule has 29 heavy (non-hydrogen) atoms. The van der Waals surface area contributed by atoms with Crippen molar-refractivity contribution in [3.05, 3.63) is 83.3 Å². The molecule has 0 unspecified atom stereocenters. The van der Waals surface area contributed by atoms with Gasteiger partial charge < -0.3 is 14.6 Å². The zero-order valence-corrected chi connectivity index (χ0v) is 14.9. The lowest BCUT2D eigenvalue weighted by Crippen LogP contribution is -2.18. The van der Waals surface area contributed by atoms with Crippen molar-refractivity contribution in [3.63, 3.8) is 0 Å². The van der Waals surface area contributed by atoms with E-state index in [1.807, 2.05) is 0 Å². The molecular weight excluding hydrogens is 376 g/mol. The van der Waals surface area contributed by atoms with E-state index < -0.39 is 11.8 Å². The van der Waals surface area contributed by atoms with Crippen LogP contribution in [0.25, 0.3) is 0 Å². The highest BCUT2D eigenvalue weighted by molar-refractivity contribution is 5.96. The van der Waals surface area contributed by atoms with Gasteiger partial charge in [0.1, 0.15) is 11.5 Å². The molecule has 1 heterocycles. The number of carbonyl (C=O) groups excluding carboxylic acids is 2. The second-order valence-corrected chi connectivity index (χ2v) is 5.75. The van der Waals surface area contributed by atoms with Gasteiger partial charge in [0.25, 0.3) is 0 Å². The number of aromatic hydroxyl groups is 2. The van der Waals surface area contributed by atoms with Gasteiger partial charge in [0.2, 0.25) is 0 Å². The van der Waals surface area contributed by atoms with Gasteiger partial charge in [-0.3, -0.25) is 9.59 Å². The van der Waals surface area contributed by atoms with E-state index in [1.54, 1.807) is 24.3 Å². The molecule has 2 aromatic carbocycles. The number of amides is 2. The van der Waals surface area contributed by atoms with E-state index in [0.717, 1.165) is 0 Å². The van der Waals surface area contributed by atoms with E-state index >= 15 is 0 Å². The van der Waals surface area contributed by atoms with Crippen molar-refractivity contribution in [1.29, 1.82) is 0 Å². The zero-order valence-electron chi connectivity index (χ0n) is 14.9. The van der Waals surface area contributed by atoms with Crippen LogP contribution in [0.1, 0.15) is 32.2 Å². The Balaban J connectivity index is 1.55. The summed E-state index contributed by atoms with van der Waals surface area (Å²) in [6.07, 6.45) is 2.70. The molecule has 1 aromatic heterocycles. The fourth-order valence-corrected chi connectivity index (χ4v) is 2.23. The van der Waals surface area contributed by atoms with Crippen molar-refractivity contribution in [2.75, 3.05) is 0 Å². The van der Waals surface area contributed by atoms with Crippen LogP contribution in [0.15, 0.2) is 75.3 Å². The molecule has 9 nitrogen and oxygen atoms in total. The first kappa shape index (κ1) is 19.4. The van der Waals surface area contributed by atoms with Crippen molar-refractivity contribution < 1.29 is 24.2 Å². The SMILES string of the molecule is O=C(NN=Cc1cccc(O)c1)c1ccc(C(=O)NN=Cc2cccc(O)c2)o1. The Morgan fingerprint density at radius 2 is 1.21 bits per heavy atom. The molecule has 146 valence electrons. The fraction of sp³-hybridized carbons (Fsp3) is 0. The third kappa shape index (κ3) is 5.54. The summed E-state index contributed by atoms with van der Waals surface area (Å²) >= 11 is 0. The fourth-order valence-electron chi connectivity index (χ4n) is 2.23. The highest BCUT2D eigenvalue weighted by atomic mass is 16.4. The van der Waals surface area contributed by atoms with Crippen molar-refractivity contribution >= 4 is 24.2 Å². The summed E-state index contributed by atoms with van der Waals surface area (Å²) in [7, 11) is 0. The van der Waals surface area contributed by atoms with E-state index in [9.17, 15) is 19.8 Å². The second-order valence-electron chi connectivity index (χ2n) is 5.75. The Hall–Kier alpha value is -4.40. The molecule has 0 bridgehead atoms. The van der Waals surface area contributed by atoms with Gasteiger partial charge in [0.15, 0.2) is 11.5 Å². The largest absolute Gasteiger partial charge is 0.508 e. The summed E-state index contributed by atoms with van der Waals surface area (Å²) in [5.74, 6) is -1.37. The number of benzene rings is 2. The molecule has 0 aliphatic carbocycles. The first-order chi connectivity index (χ1) is 14.0. The Kier molecular flexibility index (Phi) is 6.01. The molecule has 2 amide bonds. The van der Waals surface area contributed by atoms with Crippen molar-refractivity contribution in [2.24, 2.45) is 10.2 Å². The maximum atomic E-state index is 12.0. The van der Waals surface area contributed by atoms with Crippen LogP contribution >= 0.6 is 0 Å². The molecule has 0 aliphatic rings. The van der Waals surface area contributed by atoms with E-state index in [0.29, 0.717) is 11.1 Å². The number of nitrogens with zero attached hydrogens (tertiary/aromatic N) is 2. The lowest BCUT2D eigenvalue weighted by molar-refractivity contribution is 0.0902. The van der Waals surface area contributed by atoms with Gasteiger partial charge in [0.05, 0.1) is 12.4 Å². The van der Waals surface area contributed by atoms with E-state index in [4.69, 9.17) is 4.42 Å². The minimum Gasteiger partial charge on any atom is -0.508 e. The maximum Gasteiger partial charge on any atom is 0.307 e. The third-order valence-corrected chi connectivity index (χ3v) is 3.55. The molecule has 0 radical (unpaired) electrons. The predicted molar refractivity (Wildman–Crippen MR) is 105 cm³/mol. The summed E-state index contributed by atoms with van der Waals surface area (Å²) in [6.45, 7) is 0. The molecule has 3 rings (SSSR count). The number of furan rings is 1. The molecule has 0 saturated heterocycles. The van der Waals surface area contributed by atoms with Gasteiger partial charge in [-0.1, -0.05) is 24.3 Å². The van der Waals surface area contributed by atoms with Crippen molar-refractivity contribution in [3.8, 4) is 11.5 Å². The molecule has 0 aliphatic heterocycles. The second kappa shape index (κ2) is 9.00. The molecule has 0 fully saturated rings. The highest BCUT2D eigenvalue weighted by Gasteiger charge is 2.15. The van der Waals surface area contributed by atoms with E-state index in [2.05, 4.69) is 21.1 Å². The quantitative estimate of drug-likeness (QED) is 0.377. The molecule has 4 N–H and O–H groups in total. The average Bonchev–Trinajstić information content (AvgIpc) is 3.18. The summed E-state index contributed by atoms with van der Waals surface area (Å²) in [5.41, 5.74) is 5.70. The smallest absolute Gasteiger partial charge is 0.307 e. The first-order valence-electron chi connectivity index (χ1n) is 8.36. The predicted octanol–water partition coefficient (Wildman–Crippen LogP) is 2.22. The van der Waals surface area contributed by atoms with Crippen LogP contribution in [-0.2, 0) is 0 Å². The van der Waals surface area contributed by atoms with Gasteiger partial charge in [0, 0.05) is 0 Å². The average molecular weight is 392 g/mol. The number of phenols is 2. The Morgan fingerprint density at radius 1 is 0.759 bits per heavy atom. The van der Waals surface area contributed by atoms with Crippen LogP contribution in [0.3, 0.4) is 0 Å². The lowest BCUT2D eigenvalue weighted by Gasteiger charge is -1.98. The number of hydrogen-bond donors (Lipinski definition) is 4. The number of rotatable bonds is 6. The minimum atomic E-state index is -0.649. The van der Waals surface area contributed by atoms with Crippen molar-refractivity contribution in [2.45, 2.75) is 0 Å². The minimum absolute atomic E-state index is 0.0775. The number of hydrogen-bond acceptors (Lipinski definition) is 7. The number of carbonyl (C=O) groups is 2. The zero-order chi connectivity index (χ0) is 20.6. The number of phenolic OH excluding ortho intramolecular Hbond substituents is 2. The Morgan fingerprint density at radius 3 is 1.62 bits per heavy atom. The molecule has 3 aromatic rings. The normalized spacial score (nSPS) is 11.0. The molecule has 9 heteroatoms. The monoisotopic (exact) mass is 392 g/mol. The maximum absolute atomic E-state index is 12.0. The Bertz CT molecular complexity index is 1000. The molecule has 0 saturated carbocycles. The number of hydrazone groups is 2. The van der Waals surface area contributed by atoms with Gasteiger partial charge in [-0.05, 0) is 47.5 Å². The van der Waals surface area contributed by atoms with Crippen molar-refractivity contribution in [1.82, 2.24) is 10.9 Å². The molecular formula is C20H16N4O5. The van der Waals surface area contributed by atoms with Crippen LogP contribution in [0.2, 0.25) is 0 Å². The summed E-state index contributed by atoms with van der Waals surface area (Å²) in [5, 5.41) is 26.3. The topological polar surface area (TPSA) is 137 Å². The lowest BCUT2D eigenvalue weighted by atomic mass is 10.2. The van der Waals surface area contributed by atoms with Gasteiger partial charge in [-0.25, -0.2) is 10.9 Å². The third-order valence-electron chi connectivity index (χ3n) is 3.55. The highest BCUT2D eigenvalue weighted by Crippen LogP contribution is 2.10. The van der Waals surface area contributed by atoms with Crippen LogP contribution in [0.5, 0.6) is 11.5 Å². The Labute approximate surface area is 165 Å². The van der Waals surface area contributed by atoms with Crippen LogP contribution in [-0.4, -0.2) is 34.5 Å². The molecule has 0 spiro atoms. The van der Waals surface area contributed by atoms with Gasteiger partial charge in [-0.2, -0.15) is 10.2 Å². The van der Waals surface area contributed by atoms with E-state index in [1.165, 1.54) is 48.8 Å². The summed E-state index contributed by atoms with van der Waals surface area (Å²) in [6, 6.07) is 15.3. The van der Waals surface area contributed by atoms with Gasteiger partial charge in [-0.15, -0.1) is 0 Å². The van der Waals surface area contributed by atoms with Gasteiger partial charge >= 0.3 is 11.8 Å². The first-order valence-corrected chi connectivity index (χ1v) is 8.36. The summed E-state index contributed by atoms with van der Waals surface area (Å²) in [4.78, 5) is 24.0. The summed E-state index contributed by atoms with van der Waals surface area (Å²) < 4.78 is 5.20. The molecule has 0 atom stereocenters. The van der Waals surface area contributed by atoms with Crippen LogP contribution < -0.4 is 10.9 Å².